The Morgan fingerprint density at radius 1 is 1.50 bits per heavy atom. The van der Waals surface area contributed by atoms with Crippen LogP contribution in [0.15, 0.2) is 18.2 Å². The highest BCUT2D eigenvalue weighted by molar-refractivity contribution is 5.44. The quantitative estimate of drug-likeness (QED) is 0.627. The van der Waals surface area contributed by atoms with E-state index in [9.17, 15) is 15.2 Å². The first-order valence-corrected chi connectivity index (χ1v) is 4.87. The minimum absolute atomic E-state index is 0.0173. The minimum Gasteiger partial charge on any atom is -0.496 e. The van der Waals surface area contributed by atoms with Crippen LogP contribution in [0.1, 0.15) is 19.4 Å². The number of rotatable bonds is 4. The van der Waals surface area contributed by atoms with Gasteiger partial charge in [-0.25, -0.2) is 0 Å². The minimum atomic E-state index is -0.872. The summed E-state index contributed by atoms with van der Waals surface area (Å²) in [6.07, 6.45) is 0.383. The Bertz CT molecular complexity index is 395. The summed E-state index contributed by atoms with van der Waals surface area (Å²) in [5.41, 5.74) is -0.138. The molecule has 0 unspecified atom stereocenters. The second-order valence-electron chi connectivity index (χ2n) is 4.24. The van der Waals surface area contributed by atoms with E-state index in [0.717, 1.165) is 5.56 Å². The van der Waals surface area contributed by atoms with Gasteiger partial charge in [-0.3, -0.25) is 10.1 Å². The van der Waals surface area contributed by atoms with Crippen molar-refractivity contribution in [3.63, 3.8) is 0 Å². The molecule has 1 N–H and O–H groups in total. The fraction of sp³-hybridized carbons (Fsp3) is 0.455. The predicted octanol–water partition coefficient (Wildman–Crippen LogP) is 1.92. The Labute approximate surface area is 93.8 Å². The highest BCUT2D eigenvalue weighted by Crippen LogP contribution is 2.27. The second kappa shape index (κ2) is 4.49. The third kappa shape index (κ3) is 3.20. The van der Waals surface area contributed by atoms with Crippen molar-refractivity contribution in [2.75, 3.05) is 7.11 Å². The summed E-state index contributed by atoms with van der Waals surface area (Å²) in [5, 5.41) is 20.2. The molecule has 0 amide bonds. The summed E-state index contributed by atoms with van der Waals surface area (Å²) in [5.74, 6) is 0.427. The van der Waals surface area contributed by atoms with E-state index in [0.29, 0.717) is 12.2 Å². The van der Waals surface area contributed by atoms with Gasteiger partial charge in [0.2, 0.25) is 0 Å². The molecule has 1 rings (SSSR count). The van der Waals surface area contributed by atoms with Crippen LogP contribution >= 0.6 is 0 Å². The van der Waals surface area contributed by atoms with Gasteiger partial charge in [0, 0.05) is 12.5 Å². The third-order valence-corrected chi connectivity index (χ3v) is 2.10. The average molecular weight is 225 g/mol. The van der Waals surface area contributed by atoms with Crippen LogP contribution < -0.4 is 4.74 Å². The lowest BCUT2D eigenvalue weighted by atomic mass is 9.98. The van der Waals surface area contributed by atoms with Crippen molar-refractivity contribution in [2.45, 2.75) is 25.9 Å². The lowest BCUT2D eigenvalue weighted by molar-refractivity contribution is -0.384. The molecule has 0 aliphatic carbocycles. The molecule has 0 heterocycles. The van der Waals surface area contributed by atoms with Gasteiger partial charge in [0.25, 0.3) is 5.69 Å². The average Bonchev–Trinajstić information content (AvgIpc) is 2.15. The number of nitrogens with zero attached hydrogens (tertiary/aromatic N) is 1. The fourth-order valence-electron chi connectivity index (χ4n) is 1.46. The molecule has 0 radical (unpaired) electrons. The van der Waals surface area contributed by atoms with E-state index in [-0.39, 0.29) is 5.69 Å². The Balaban J connectivity index is 3.07. The van der Waals surface area contributed by atoms with E-state index in [1.807, 2.05) is 0 Å². The summed E-state index contributed by atoms with van der Waals surface area (Å²) in [7, 11) is 1.45. The number of hydrogen-bond donors (Lipinski definition) is 1. The number of methoxy groups -OCH3 is 1. The maximum Gasteiger partial charge on any atom is 0.273 e. The molecule has 0 saturated heterocycles. The van der Waals surface area contributed by atoms with Gasteiger partial charge in [0.1, 0.15) is 5.75 Å². The number of aliphatic hydroxyl groups is 1. The van der Waals surface area contributed by atoms with Crippen molar-refractivity contribution in [2.24, 2.45) is 0 Å². The van der Waals surface area contributed by atoms with E-state index in [2.05, 4.69) is 0 Å². The van der Waals surface area contributed by atoms with E-state index < -0.39 is 10.5 Å². The molecule has 0 saturated carbocycles. The zero-order valence-corrected chi connectivity index (χ0v) is 9.56. The number of hydrogen-bond acceptors (Lipinski definition) is 4. The highest BCUT2D eigenvalue weighted by Gasteiger charge is 2.18. The van der Waals surface area contributed by atoms with E-state index in [1.165, 1.54) is 19.2 Å². The SMILES string of the molecule is COc1cc([N+](=O)[O-])ccc1CC(C)(C)O. The maximum absolute atomic E-state index is 10.6. The molecular weight excluding hydrogens is 210 g/mol. The summed E-state index contributed by atoms with van der Waals surface area (Å²) >= 11 is 0. The summed E-state index contributed by atoms with van der Waals surface area (Å²) < 4.78 is 5.07. The van der Waals surface area contributed by atoms with E-state index >= 15 is 0 Å². The van der Waals surface area contributed by atoms with Gasteiger partial charge in [0.05, 0.1) is 23.7 Å². The molecule has 0 aromatic heterocycles. The summed E-state index contributed by atoms with van der Waals surface area (Å²) in [6.45, 7) is 3.35. The first kappa shape index (κ1) is 12.4. The highest BCUT2D eigenvalue weighted by atomic mass is 16.6. The number of non-ortho nitro benzene ring substituents is 1. The van der Waals surface area contributed by atoms with Crippen molar-refractivity contribution < 1.29 is 14.8 Å². The van der Waals surface area contributed by atoms with Gasteiger partial charge in [-0.2, -0.15) is 0 Å². The monoisotopic (exact) mass is 225 g/mol. The Morgan fingerprint density at radius 2 is 2.12 bits per heavy atom. The molecule has 1 aromatic carbocycles. The van der Waals surface area contributed by atoms with Crippen molar-refractivity contribution in [1.82, 2.24) is 0 Å². The molecule has 0 fully saturated rings. The van der Waals surface area contributed by atoms with Crippen LogP contribution in [0.2, 0.25) is 0 Å². The molecule has 0 atom stereocenters. The van der Waals surface area contributed by atoms with Gasteiger partial charge < -0.3 is 9.84 Å². The molecule has 0 bridgehead atoms. The number of nitro groups is 1. The zero-order valence-electron chi connectivity index (χ0n) is 9.56. The van der Waals surface area contributed by atoms with Crippen LogP contribution in [-0.2, 0) is 6.42 Å². The van der Waals surface area contributed by atoms with Crippen LogP contribution in [-0.4, -0.2) is 22.7 Å². The lowest BCUT2D eigenvalue weighted by Crippen LogP contribution is -2.22. The predicted molar refractivity (Wildman–Crippen MR) is 59.7 cm³/mol. The molecule has 5 nitrogen and oxygen atoms in total. The Kier molecular flexibility index (Phi) is 3.49. The van der Waals surface area contributed by atoms with Crippen LogP contribution in [0.3, 0.4) is 0 Å². The maximum atomic E-state index is 10.6. The van der Waals surface area contributed by atoms with Crippen LogP contribution in [0.5, 0.6) is 5.75 Å². The zero-order chi connectivity index (χ0) is 12.3. The van der Waals surface area contributed by atoms with Crippen LogP contribution in [0.25, 0.3) is 0 Å². The number of ether oxygens (including phenoxy) is 1. The van der Waals surface area contributed by atoms with Crippen molar-refractivity contribution in [1.29, 1.82) is 0 Å². The van der Waals surface area contributed by atoms with E-state index in [1.54, 1.807) is 19.9 Å². The largest absolute Gasteiger partial charge is 0.496 e. The molecule has 0 spiro atoms. The fourth-order valence-corrected chi connectivity index (χ4v) is 1.46. The third-order valence-electron chi connectivity index (χ3n) is 2.10. The van der Waals surface area contributed by atoms with Gasteiger partial charge in [-0.15, -0.1) is 0 Å². The molecule has 0 aliphatic heterocycles. The number of benzene rings is 1. The molecule has 0 aliphatic rings. The Morgan fingerprint density at radius 3 is 2.56 bits per heavy atom. The topological polar surface area (TPSA) is 72.6 Å². The second-order valence-corrected chi connectivity index (χ2v) is 4.24. The van der Waals surface area contributed by atoms with Gasteiger partial charge in [-0.05, 0) is 25.5 Å². The lowest BCUT2D eigenvalue weighted by Gasteiger charge is -2.18. The van der Waals surface area contributed by atoms with Crippen molar-refractivity contribution >= 4 is 5.69 Å². The number of nitro benzene ring substituents is 1. The molecule has 88 valence electrons. The normalized spacial score (nSPS) is 11.2. The van der Waals surface area contributed by atoms with Crippen molar-refractivity contribution in [3.8, 4) is 5.75 Å². The van der Waals surface area contributed by atoms with Gasteiger partial charge in [-0.1, -0.05) is 0 Å². The van der Waals surface area contributed by atoms with Crippen LogP contribution in [0.4, 0.5) is 5.69 Å². The standard InChI is InChI=1S/C11H15NO4/c1-11(2,13)7-8-4-5-9(12(14)15)6-10(8)16-3/h4-6,13H,7H2,1-3H3. The summed E-state index contributed by atoms with van der Waals surface area (Å²) in [4.78, 5) is 10.1. The molecule has 1 aromatic rings. The smallest absolute Gasteiger partial charge is 0.273 e. The summed E-state index contributed by atoms with van der Waals surface area (Å²) in [6, 6.07) is 4.37. The van der Waals surface area contributed by atoms with Gasteiger partial charge in [0.15, 0.2) is 0 Å². The first-order chi connectivity index (χ1) is 7.33. The molecule has 16 heavy (non-hydrogen) atoms. The Hall–Kier alpha value is -1.62. The van der Waals surface area contributed by atoms with Crippen molar-refractivity contribution in [3.05, 3.63) is 33.9 Å². The first-order valence-electron chi connectivity index (χ1n) is 4.87. The van der Waals surface area contributed by atoms with E-state index in [4.69, 9.17) is 4.74 Å². The van der Waals surface area contributed by atoms with Crippen LogP contribution in [0, 0.1) is 10.1 Å². The molecular formula is C11H15NO4. The molecule has 5 heteroatoms. The van der Waals surface area contributed by atoms with Gasteiger partial charge >= 0.3 is 0 Å².